The van der Waals surface area contributed by atoms with Crippen molar-refractivity contribution < 1.29 is 17.9 Å². The molecule has 0 radical (unpaired) electrons. The first-order valence-electron chi connectivity index (χ1n) is 5.30. The molecule has 0 unspecified atom stereocenters. The van der Waals surface area contributed by atoms with E-state index in [1.807, 2.05) is 0 Å². The van der Waals surface area contributed by atoms with Crippen LogP contribution in [0.5, 0.6) is 5.75 Å². The standard InChI is InChI=1S/C12H8FN3O3S/c13-8-1-4-11(12(17)5-8)16-20(18,19)10-3-2-9(6-14)15-7-10/h1-5,7,16-17H. The first kappa shape index (κ1) is 13.8. The van der Waals surface area contributed by atoms with Gasteiger partial charge in [-0.3, -0.25) is 4.72 Å². The van der Waals surface area contributed by atoms with Crippen molar-refractivity contribution in [3.63, 3.8) is 0 Å². The minimum atomic E-state index is -3.98. The molecule has 0 aliphatic carbocycles. The van der Waals surface area contributed by atoms with Crippen molar-refractivity contribution in [2.45, 2.75) is 4.90 Å². The monoisotopic (exact) mass is 293 g/mol. The Morgan fingerprint density at radius 2 is 2.05 bits per heavy atom. The molecule has 0 saturated heterocycles. The van der Waals surface area contributed by atoms with Crippen LogP contribution >= 0.6 is 0 Å². The maximum absolute atomic E-state index is 12.8. The second-order valence-electron chi connectivity index (χ2n) is 3.76. The van der Waals surface area contributed by atoms with Crippen molar-refractivity contribution in [2.75, 3.05) is 4.72 Å². The number of nitriles is 1. The number of aromatic hydroxyl groups is 1. The average molecular weight is 293 g/mol. The van der Waals surface area contributed by atoms with Crippen molar-refractivity contribution in [3.8, 4) is 11.8 Å². The van der Waals surface area contributed by atoms with Gasteiger partial charge in [0.15, 0.2) is 0 Å². The van der Waals surface area contributed by atoms with E-state index in [-0.39, 0.29) is 16.3 Å². The molecule has 0 bridgehead atoms. The molecule has 0 aliphatic rings. The summed E-state index contributed by atoms with van der Waals surface area (Å²) >= 11 is 0. The zero-order valence-corrected chi connectivity index (χ0v) is 10.7. The maximum atomic E-state index is 12.8. The van der Waals surface area contributed by atoms with Gasteiger partial charge in [0.1, 0.15) is 28.2 Å². The number of rotatable bonds is 3. The fraction of sp³-hybridized carbons (Fsp3) is 0. The quantitative estimate of drug-likeness (QED) is 0.837. The summed E-state index contributed by atoms with van der Waals surface area (Å²) in [6.07, 6.45) is 1.02. The van der Waals surface area contributed by atoms with E-state index in [0.717, 1.165) is 24.4 Å². The summed E-state index contributed by atoms with van der Waals surface area (Å²) in [5.74, 6) is -1.22. The number of benzene rings is 1. The van der Waals surface area contributed by atoms with E-state index in [9.17, 15) is 17.9 Å². The predicted octanol–water partition coefficient (Wildman–Crippen LogP) is 1.60. The molecule has 0 fully saturated rings. The second-order valence-corrected chi connectivity index (χ2v) is 5.44. The molecule has 0 spiro atoms. The van der Waals surface area contributed by atoms with Gasteiger partial charge in [-0.05, 0) is 24.3 Å². The molecule has 0 atom stereocenters. The molecule has 2 aromatic rings. The van der Waals surface area contributed by atoms with Gasteiger partial charge < -0.3 is 5.11 Å². The summed E-state index contributed by atoms with van der Waals surface area (Å²) in [6, 6.07) is 7.11. The van der Waals surface area contributed by atoms with E-state index in [1.165, 1.54) is 12.1 Å². The van der Waals surface area contributed by atoms with Gasteiger partial charge in [-0.15, -0.1) is 0 Å². The lowest BCUT2D eigenvalue weighted by atomic mass is 10.3. The zero-order chi connectivity index (χ0) is 14.8. The van der Waals surface area contributed by atoms with Crippen LogP contribution in [0.15, 0.2) is 41.4 Å². The Hall–Kier alpha value is -2.66. The van der Waals surface area contributed by atoms with Gasteiger partial charge in [-0.2, -0.15) is 5.26 Å². The molecule has 1 heterocycles. The summed E-state index contributed by atoms with van der Waals surface area (Å²) < 4.78 is 38.9. The molecular formula is C12H8FN3O3S. The highest BCUT2D eigenvalue weighted by molar-refractivity contribution is 7.92. The topological polar surface area (TPSA) is 103 Å². The van der Waals surface area contributed by atoms with E-state index in [1.54, 1.807) is 6.07 Å². The number of aromatic nitrogens is 1. The fourth-order valence-electron chi connectivity index (χ4n) is 1.40. The third kappa shape index (κ3) is 2.84. The van der Waals surface area contributed by atoms with Crippen LogP contribution < -0.4 is 4.72 Å². The summed E-state index contributed by atoms with van der Waals surface area (Å²) in [7, 11) is -3.98. The van der Waals surface area contributed by atoms with Gasteiger partial charge in [0.25, 0.3) is 10.0 Å². The van der Waals surface area contributed by atoms with Gasteiger partial charge in [0.2, 0.25) is 0 Å². The molecule has 2 rings (SSSR count). The molecule has 0 amide bonds. The highest BCUT2D eigenvalue weighted by Crippen LogP contribution is 2.26. The SMILES string of the molecule is N#Cc1ccc(S(=O)(=O)Nc2ccc(F)cc2O)cn1. The lowest BCUT2D eigenvalue weighted by molar-refractivity contribution is 0.471. The van der Waals surface area contributed by atoms with Crippen molar-refractivity contribution >= 4 is 15.7 Å². The number of nitrogens with zero attached hydrogens (tertiary/aromatic N) is 2. The molecule has 8 heteroatoms. The van der Waals surface area contributed by atoms with Crippen LogP contribution in [0.2, 0.25) is 0 Å². The first-order valence-corrected chi connectivity index (χ1v) is 6.78. The Morgan fingerprint density at radius 3 is 2.60 bits per heavy atom. The molecule has 1 aromatic heterocycles. The van der Waals surface area contributed by atoms with E-state index in [2.05, 4.69) is 9.71 Å². The first-order chi connectivity index (χ1) is 9.42. The number of hydrogen-bond acceptors (Lipinski definition) is 5. The fourth-order valence-corrected chi connectivity index (χ4v) is 2.42. The molecule has 1 aromatic carbocycles. The molecule has 2 N–H and O–H groups in total. The van der Waals surface area contributed by atoms with E-state index < -0.39 is 21.6 Å². The highest BCUT2D eigenvalue weighted by atomic mass is 32.2. The number of phenols is 1. The maximum Gasteiger partial charge on any atom is 0.263 e. The summed E-state index contributed by atoms with van der Waals surface area (Å²) in [5.41, 5.74) is -0.0793. The molecule has 0 saturated carbocycles. The lowest BCUT2D eigenvalue weighted by Crippen LogP contribution is -2.13. The van der Waals surface area contributed by atoms with Crippen LogP contribution in [-0.4, -0.2) is 18.5 Å². The third-order valence-corrected chi connectivity index (χ3v) is 3.72. The van der Waals surface area contributed by atoms with Crippen molar-refractivity contribution in [3.05, 3.63) is 48.0 Å². The van der Waals surface area contributed by atoms with Gasteiger partial charge in [0, 0.05) is 12.3 Å². The smallest absolute Gasteiger partial charge is 0.263 e. The van der Waals surface area contributed by atoms with Crippen LogP contribution in [0.3, 0.4) is 0 Å². The van der Waals surface area contributed by atoms with Crippen molar-refractivity contribution in [2.24, 2.45) is 0 Å². The van der Waals surface area contributed by atoms with Crippen LogP contribution in [0, 0.1) is 17.1 Å². The molecule has 6 nitrogen and oxygen atoms in total. The highest BCUT2D eigenvalue weighted by Gasteiger charge is 2.16. The minimum absolute atomic E-state index is 0.0774. The number of anilines is 1. The molecule has 20 heavy (non-hydrogen) atoms. The van der Waals surface area contributed by atoms with Gasteiger partial charge in [0.05, 0.1) is 5.69 Å². The third-order valence-electron chi connectivity index (χ3n) is 2.37. The second kappa shape index (κ2) is 5.14. The molecule has 102 valence electrons. The number of hydrogen-bond donors (Lipinski definition) is 2. The lowest BCUT2D eigenvalue weighted by Gasteiger charge is -2.09. The van der Waals surface area contributed by atoms with Gasteiger partial charge >= 0.3 is 0 Å². The largest absolute Gasteiger partial charge is 0.506 e. The number of halogens is 1. The number of phenolic OH excluding ortho intramolecular Hbond substituents is 1. The van der Waals surface area contributed by atoms with E-state index in [4.69, 9.17) is 5.26 Å². The van der Waals surface area contributed by atoms with E-state index in [0.29, 0.717) is 0 Å². The van der Waals surface area contributed by atoms with Gasteiger partial charge in [-0.25, -0.2) is 17.8 Å². The Morgan fingerprint density at radius 1 is 1.30 bits per heavy atom. The van der Waals surface area contributed by atoms with Gasteiger partial charge in [-0.1, -0.05) is 0 Å². The van der Waals surface area contributed by atoms with Crippen LogP contribution in [0.4, 0.5) is 10.1 Å². The summed E-state index contributed by atoms with van der Waals surface area (Å²) in [4.78, 5) is 3.46. The summed E-state index contributed by atoms with van der Waals surface area (Å²) in [6.45, 7) is 0. The van der Waals surface area contributed by atoms with Crippen LogP contribution in [0.25, 0.3) is 0 Å². The number of nitrogens with one attached hydrogen (secondary N) is 1. The van der Waals surface area contributed by atoms with Crippen LogP contribution in [-0.2, 0) is 10.0 Å². The Labute approximate surface area is 114 Å². The van der Waals surface area contributed by atoms with Crippen LogP contribution in [0.1, 0.15) is 5.69 Å². The normalized spacial score (nSPS) is 10.8. The minimum Gasteiger partial charge on any atom is -0.506 e. The van der Waals surface area contributed by atoms with Crippen molar-refractivity contribution in [1.82, 2.24) is 4.98 Å². The number of pyridine rings is 1. The van der Waals surface area contributed by atoms with E-state index >= 15 is 0 Å². The predicted molar refractivity (Wildman–Crippen MR) is 67.8 cm³/mol. The Balaban J connectivity index is 2.33. The zero-order valence-electron chi connectivity index (χ0n) is 9.91. The van der Waals surface area contributed by atoms with Crippen molar-refractivity contribution in [1.29, 1.82) is 5.26 Å². The average Bonchev–Trinajstić information content (AvgIpc) is 2.42. The molecule has 0 aliphatic heterocycles. The Bertz CT molecular complexity index is 783. The summed E-state index contributed by atoms with van der Waals surface area (Å²) in [5, 5.41) is 18.0. The Kier molecular flexibility index (Phi) is 3.54. The molecular weight excluding hydrogens is 285 g/mol. The number of sulfonamides is 1.